The maximum absolute atomic E-state index is 11.9. The van der Waals surface area contributed by atoms with Gasteiger partial charge in [-0.05, 0) is 53.2 Å². The molecule has 0 saturated heterocycles. The molecule has 12 heteroatoms. The fourth-order valence-electron chi connectivity index (χ4n) is 4.43. The zero-order chi connectivity index (χ0) is 40.5. The number of hydrogen-bond donors (Lipinski definition) is 1. The molecule has 0 radical (unpaired) electrons. The molecule has 1 atom stereocenters. The van der Waals surface area contributed by atoms with Gasteiger partial charge in [-0.25, -0.2) is 4.79 Å². The average Bonchev–Trinajstić information content (AvgIpc) is 3.56. The second-order valence-electron chi connectivity index (χ2n) is 11.3. The number of ether oxygens (including phenoxy) is 3. The molecule has 0 spiro atoms. The third kappa shape index (κ3) is 17.8. The molecule has 0 aliphatic heterocycles. The Kier molecular flexibility index (Phi) is 22.7. The largest absolute Gasteiger partial charge is 0.466 e. The van der Waals surface area contributed by atoms with E-state index >= 15 is 0 Å². The Hall–Kier alpha value is -5.49. The number of aromatic nitrogens is 1. The van der Waals surface area contributed by atoms with Crippen LogP contribution in [0.1, 0.15) is 84.2 Å². The van der Waals surface area contributed by atoms with E-state index in [2.05, 4.69) is 25.7 Å². The first kappa shape index (κ1) is 46.5. The summed E-state index contributed by atoms with van der Waals surface area (Å²) in [5.41, 5.74) is 4.69. The third-order valence-electron chi connectivity index (χ3n) is 7.06. The number of aryl methyl sites for hydroxylation is 1. The maximum atomic E-state index is 11.9. The van der Waals surface area contributed by atoms with Crippen molar-refractivity contribution in [1.29, 1.82) is 0 Å². The van der Waals surface area contributed by atoms with Crippen molar-refractivity contribution in [1.82, 2.24) is 4.98 Å². The lowest BCUT2D eigenvalue weighted by Crippen LogP contribution is -2.27. The van der Waals surface area contributed by atoms with Crippen molar-refractivity contribution >= 4 is 57.0 Å². The average molecular weight is 807 g/mol. The summed E-state index contributed by atoms with van der Waals surface area (Å²) in [5.74, 6) is -2.96. The number of alkyl halides is 1. The lowest BCUT2D eigenvalue weighted by molar-refractivity contribution is -0.151. The first-order chi connectivity index (χ1) is 25.8. The molecular weight excluding hydrogens is 758 g/mol. The summed E-state index contributed by atoms with van der Waals surface area (Å²) in [6, 6.07) is 29.5. The molecule has 1 aromatic heterocycles. The SMILES string of the molecule is CCOC(=O)C(CC(=O)c1ccccc1)C(C)=O.CCOC(=O)CC(C)=O.CCOC(=O)c1cc(-c2ccccc2)[nH]c1C.O=C(CBr)c1ccccc1. The van der Waals surface area contributed by atoms with E-state index < -0.39 is 17.9 Å². The van der Waals surface area contributed by atoms with E-state index in [0.717, 1.165) is 22.5 Å². The van der Waals surface area contributed by atoms with Crippen LogP contribution in [0.2, 0.25) is 0 Å². The van der Waals surface area contributed by atoms with E-state index in [1.807, 2.05) is 73.7 Å². The predicted molar refractivity (Wildman–Crippen MR) is 210 cm³/mol. The molecule has 1 heterocycles. The number of benzene rings is 3. The number of rotatable bonds is 14. The maximum Gasteiger partial charge on any atom is 0.339 e. The molecule has 0 fully saturated rings. The van der Waals surface area contributed by atoms with E-state index in [1.165, 1.54) is 13.8 Å². The lowest BCUT2D eigenvalue weighted by Gasteiger charge is -2.11. The van der Waals surface area contributed by atoms with Crippen LogP contribution in [-0.2, 0) is 33.4 Å². The lowest BCUT2D eigenvalue weighted by atomic mass is 9.95. The Morgan fingerprint density at radius 1 is 0.667 bits per heavy atom. The van der Waals surface area contributed by atoms with Crippen LogP contribution in [0.15, 0.2) is 97.1 Å². The normalized spacial score (nSPS) is 10.3. The van der Waals surface area contributed by atoms with E-state index in [9.17, 15) is 33.6 Å². The summed E-state index contributed by atoms with van der Waals surface area (Å²) in [4.78, 5) is 81.3. The third-order valence-corrected chi connectivity index (χ3v) is 7.57. The number of Topliss-reactive ketones (excluding diaryl/α,β-unsaturated/α-hetero) is 4. The van der Waals surface area contributed by atoms with Gasteiger partial charge in [0.15, 0.2) is 11.6 Å². The fraction of sp³-hybridized carbons (Fsp3) is 0.310. The van der Waals surface area contributed by atoms with Gasteiger partial charge in [0.2, 0.25) is 0 Å². The minimum atomic E-state index is -1.00. The Labute approximate surface area is 324 Å². The summed E-state index contributed by atoms with van der Waals surface area (Å²) in [5, 5.41) is 0.400. The number of nitrogens with one attached hydrogen (secondary N) is 1. The van der Waals surface area contributed by atoms with Crippen molar-refractivity contribution in [2.45, 2.75) is 54.4 Å². The summed E-state index contributed by atoms with van der Waals surface area (Å²) < 4.78 is 14.3. The Morgan fingerprint density at radius 3 is 1.59 bits per heavy atom. The van der Waals surface area contributed by atoms with Crippen LogP contribution in [0.4, 0.5) is 0 Å². The molecule has 4 rings (SSSR count). The summed E-state index contributed by atoms with van der Waals surface area (Å²) in [6.45, 7) is 10.6. The molecule has 288 valence electrons. The first-order valence-corrected chi connectivity index (χ1v) is 18.4. The Morgan fingerprint density at radius 2 is 1.15 bits per heavy atom. The number of hydrogen-bond acceptors (Lipinski definition) is 10. The van der Waals surface area contributed by atoms with Crippen LogP contribution in [0.5, 0.6) is 0 Å². The summed E-state index contributed by atoms with van der Waals surface area (Å²) in [7, 11) is 0. The molecule has 0 amide bonds. The molecule has 54 heavy (non-hydrogen) atoms. The van der Waals surface area contributed by atoms with Gasteiger partial charge < -0.3 is 19.2 Å². The van der Waals surface area contributed by atoms with Crippen LogP contribution in [0.25, 0.3) is 11.3 Å². The van der Waals surface area contributed by atoms with Crippen LogP contribution in [0, 0.1) is 12.8 Å². The number of esters is 3. The Bertz CT molecular complexity index is 1790. The molecule has 4 aromatic rings. The topological polar surface area (TPSA) is 163 Å². The number of H-pyrrole nitrogens is 1. The monoisotopic (exact) mass is 805 g/mol. The molecule has 0 aliphatic rings. The fourth-order valence-corrected chi connectivity index (χ4v) is 4.76. The molecular formula is C42H48BrNO10. The zero-order valence-corrected chi connectivity index (χ0v) is 33.1. The van der Waals surface area contributed by atoms with Crippen molar-refractivity contribution in [3.05, 3.63) is 119 Å². The summed E-state index contributed by atoms with van der Waals surface area (Å²) in [6.07, 6.45) is -0.244. The smallest absolute Gasteiger partial charge is 0.339 e. The van der Waals surface area contributed by atoms with Gasteiger partial charge in [-0.3, -0.25) is 28.8 Å². The van der Waals surface area contributed by atoms with Gasteiger partial charge in [0.1, 0.15) is 23.9 Å². The van der Waals surface area contributed by atoms with Crippen molar-refractivity contribution in [3.63, 3.8) is 0 Å². The second kappa shape index (κ2) is 26.3. The minimum Gasteiger partial charge on any atom is -0.466 e. The van der Waals surface area contributed by atoms with E-state index in [-0.39, 0.29) is 48.6 Å². The quantitative estimate of drug-likeness (QED) is 0.0435. The van der Waals surface area contributed by atoms with Crippen LogP contribution in [-0.4, -0.2) is 71.2 Å². The molecule has 0 saturated carbocycles. The highest BCUT2D eigenvalue weighted by molar-refractivity contribution is 9.09. The number of carbonyl (C=O) groups is 7. The van der Waals surface area contributed by atoms with Gasteiger partial charge >= 0.3 is 17.9 Å². The minimum absolute atomic E-state index is 0.103. The zero-order valence-electron chi connectivity index (χ0n) is 31.5. The highest BCUT2D eigenvalue weighted by atomic mass is 79.9. The van der Waals surface area contributed by atoms with E-state index in [4.69, 9.17) is 9.47 Å². The molecule has 1 unspecified atom stereocenters. The predicted octanol–water partition coefficient (Wildman–Crippen LogP) is 7.99. The highest BCUT2D eigenvalue weighted by Crippen LogP contribution is 2.22. The van der Waals surface area contributed by atoms with Gasteiger partial charge in [0, 0.05) is 28.9 Å². The highest BCUT2D eigenvalue weighted by Gasteiger charge is 2.27. The molecule has 1 N–H and O–H groups in total. The van der Waals surface area contributed by atoms with Crippen LogP contribution in [0.3, 0.4) is 0 Å². The molecule has 11 nitrogen and oxygen atoms in total. The molecule has 3 aromatic carbocycles. The standard InChI is InChI=1S/C14H15NO2.C14H16O4.C8H7BrO.C6H10O3/c1-3-17-14(16)12-9-13(15-10(12)2)11-7-5-4-6-8-11;1-3-18-14(17)12(10(2)15)9-13(16)11-7-5-4-6-8-11;9-6-8(10)7-4-2-1-3-5-7;1-3-9-6(8)4-5(2)7/h4-9,15H,3H2,1-2H3;4-8,12H,3,9H2,1-2H3;1-5H,6H2;3-4H2,1-2H3. The number of aromatic amines is 1. The van der Waals surface area contributed by atoms with Crippen molar-refractivity contribution < 1.29 is 47.8 Å². The molecule has 0 bridgehead atoms. The van der Waals surface area contributed by atoms with Gasteiger partial charge in [-0.1, -0.05) is 107 Å². The van der Waals surface area contributed by atoms with Crippen LogP contribution < -0.4 is 0 Å². The van der Waals surface area contributed by atoms with Crippen molar-refractivity contribution in [3.8, 4) is 11.3 Å². The number of carbonyl (C=O) groups excluding carboxylic acids is 7. The Balaban J connectivity index is 0.000000376. The first-order valence-electron chi connectivity index (χ1n) is 17.3. The van der Waals surface area contributed by atoms with E-state index in [0.29, 0.717) is 29.7 Å². The number of ketones is 4. The van der Waals surface area contributed by atoms with E-state index in [1.54, 1.807) is 51.1 Å². The molecule has 0 aliphatic carbocycles. The second-order valence-corrected chi connectivity index (χ2v) is 11.9. The summed E-state index contributed by atoms with van der Waals surface area (Å²) >= 11 is 3.10. The van der Waals surface area contributed by atoms with Gasteiger partial charge in [0.05, 0.1) is 30.7 Å². The van der Waals surface area contributed by atoms with Crippen LogP contribution >= 0.6 is 15.9 Å². The number of halogens is 1. The van der Waals surface area contributed by atoms with Crippen molar-refractivity contribution in [2.75, 3.05) is 25.2 Å². The van der Waals surface area contributed by atoms with Crippen molar-refractivity contribution in [2.24, 2.45) is 5.92 Å². The van der Waals surface area contributed by atoms with Gasteiger partial charge in [-0.15, -0.1) is 0 Å². The van der Waals surface area contributed by atoms with Gasteiger partial charge in [0.25, 0.3) is 0 Å². The van der Waals surface area contributed by atoms with Gasteiger partial charge in [-0.2, -0.15) is 0 Å².